The van der Waals surface area contributed by atoms with Crippen LogP contribution < -0.4 is 11.1 Å². The molecule has 2 aromatic carbocycles. The number of amides is 2. The molecule has 1 aliphatic heterocycles. The molecule has 0 saturated carbocycles. The van der Waals surface area contributed by atoms with E-state index in [0.717, 1.165) is 23.2 Å². The standard InChI is InChI=1S/C19H22ClN3O2/c20-16-3-1-2-15(12-16)14-4-6-17(7-5-14)22-19(24)23-10-11-25-18(13-23)8-9-21/h1-7,12,18H,8-11,13,21H2,(H,22,24)/t18-/m1/s1. The predicted molar refractivity (Wildman–Crippen MR) is 101 cm³/mol. The maximum absolute atomic E-state index is 12.4. The van der Waals surface area contributed by atoms with E-state index in [0.29, 0.717) is 31.3 Å². The minimum atomic E-state index is -0.110. The van der Waals surface area contributed by atoms with Crippen molar-refractivity contribution in [2.75, 3.05) is 31.6 Å². The molecular weight excluding hydrogens is 338 g/mol. The lowest BCUT2D eigenvalue weighted by molar-refractivity contribution is -0.0146. The molecule has 1 atom stereocenters. The van der Waals surface area contributed by atoms with E-state index in [1.54, 1.807) is 4.90 Å². The molecule has 132 valence electrons. The van der Waals surface area contributed by atoms with Crippen LogP contribution in [0.1, 0.15) is 6.42 Å². The van der Waals surface area contributed by atoms with Gasteiger partial charge in [0.2, 0.25) is 0 Å². The second-order valence-corrected chi connectivity index (χ2v) is 6.47. The summed E-state index contributed by atoms with van der Waals surface area (Å²) in [5.74, 6) is 0. The second kappa shape index (κ2) is 8.34. The Labute approximate surface area is 152 Å². The van der Waals surface area contributed by atoms with Crippen molar-refractivity contribution in [2.45, 2.75) is 12.5 Å². The zero-order chi connectivity index (χ0) is 17.6. The first-order valence-corrected chi connectivity index (χ1v) is 8.77. The maximum Gasteiger partial charge on any atom is 0.322 e. The van der Waals surface area contributed by atoms with Gasteiger partial charge in [-0.2, -0.15) is 0 Å². The van der Waals surface area contributed by atoms with Crippen molar-refractivity contribution < 1.29 is 9.53 Å². The smallest absolute Gasteiger partial charge is 0.322 e. The van der Waals surface area contributed by atoms with E-state index in [2.05, 4.69) is 5.32 Å². The van der Waals surface area contributed by atoms with Crippen molar-refractivity contribution in [3.8, 4) is 11.1 Å². The highest BCUT2D eigenvalue weighted by Gasteiger charge is 2.23. The summed E-state index contributed by atoms with van der Waals surface area (Å²) in [7, 11) is 0. The average Bonchev–Trinajstić information content (AvgIpc) is 2.63. The molecule has 5 nitrogen and oxygen atoms in total. The third-order valence-corrected chi connectivity index (χ3v) is 4.44. The van der Waals surface area contributed by atoms with Crippen LogP contribution in [0.2, 0.25) is 5.02 Å². The molecule has 0 unspecified atom stereocenters. The van der Waals surface area contributed by atoms with Gasteiger partial charge in [-0.05, 0) is 48.4 Å². The molecule has 2 amide bonds. The van der Waals surface area contributed by atoms with Crippen LogP contribution in [0.5, 0.6) is 0 Å². The largest absolute Gasteiger partial charge is 0.374 e. The molecule has 0 spiro atoms. The summed E-state index contributed by atoms with van der Waals surface area (Å²) in [5, 5.41) is 3.64. The number of nitrogens with one attached hydrogen (secondary N) is 1. The molecule has 0 aliphatic carbocycles. The highest BCUT2D eigenvalue weighted by Crippen LogP contribution is 2.24. The van der Waals surface area contributed by atoms with Gasteiger partial charge in [0.15, 0.2) is 0 Å². The van der Waals surface area contributed by atoms with Crippen LogP contribution >= 0.6 is 11.6 Å². The Morgan fingerprint density at radius 1 is 1.24 bits per heavy atom. The zero-order valence-corrected chi connectivity index (χ0v) is 14.7. The third kappa shape index (κ3) is 4.72. The SMILES string of the molecule is NCC[C@@H]1CN(C(=O)Nc2ccc(-c3cccc(Cl)c3)cc2)CCO1. The minimum absolute atomic E-state index is 0.0229. The van der Waals surface area contributed by atoms with E-state index in [1.807, 2.05) is 48.5 Å². The molecule has 1 aliphatic rings. The normalized spacial score (nSPS) is 17.4. The quantitative estimate of drug-likeness (QED) is 0.876. The van der Waals surface area contributed by atoms with Gasteiger partial charge in [0.05, 0.1) is 12.7 Å². The number of nitrogens with two attached hydrogens (primary N) is 1. The number of carbonyl (C=O) groups excluding carboxylic acids is 1. The Morgan fingerprint density at radius 2 is 2.04 bits per heavy atom. The van der Waals surface area contributed by atoms with Crippen LogP contribution in [0.4, 0.5) is 10.5 Å². The number of urea groups is 1. The number of ether oxygens (including phenoxy) is 1. The molecule has 0 radical (unpaired) electrons. The summed E-state index contributed by atoms with van der Waals surface area (Å²) >= 11 is 6.03. The van der Waals surface area contributed by atoms with E-state index in [9.17, 15) is 4.79 Å². The summed E-state index contributed by atoms with van der Waals surface area (Å²) in [6.07, 6.45) is 0.785. The third-order valence-electron chi connectivity index (χ3n) is 4.21. The van der Waals surface area contributed by atoms with Crippen LogP contribution in [-0.2, 0) is 4.74 Å². The number of nitrogens with zero attached hydrogens (tertiary/aromatic N) is 1. The summed E-state index contributed by atoms with van der Waals surface area (Å²) in [4.78, 5) is 14.2. The van der Waals surface area contributed by atoms with Gasteiger partial charge in [0.1, 0.15) is 0 Å². The summed E-state index contributed by atoms with van der Waals surface area (Å²) in [6, 6.07) is 15.3. The van der Waals surface area contributed by atoms with Crippen LogP contribution in [-0.4, -0.2) is 43.3 Å². The Balaban J connectivity index is 1.62. The van der Waals surface area contributed by atoms with Gasteiger partial charge in [-0.15, -0.1) is 0 Å². The number of anilines is 1. The van der Waals surface area contributed by atoms with Gasteiger partial charge in [-0.25, -0.2) is 4.79 Å². The van der Waals surface area contributed by atoms with Gasteiger partial charge >= 0.3 is 6.03 Å². The molecule has 0 aromatic heterocycles. The van der Waals surface area contributed by atoms with Gasteiger partial charge in [0, 0.05) is 23.8 Å². The first-order chi connectivity index (χ1) is 12.2. The lowest BCUT2D eigenvalue weighted by Crippen LogP contribution is -2.47. The zero-order valence-electron chi connectivity index (χ0n) is 14.0. The molecule has 6 heteroatoms. The second-order valence-electron chi connectivity index (χ2n) is 6.03. The first-order valence-electron chi connectivity index (χ1n) is 8.39. The maximum atomic E-state index is 12.4. The molecule has 25 heavy (non-hydrogen) atoms. The topological polar surface area (TPSA) is 67.6 Å². The summed E-state index contributed by atoms with van der Waals surface area (Å²) in [6.45, 7) is 2.27. The number of morpholine rings is 1. The van der Waals surface area contributed by atoms with E-state index in [1.165, 1.54) is 0 Å². The van der Waals surface area contributed by atoms with Gasteiger partial charge in [-0.1, -0.05) is 35.9 Å². The van der Waals surface area contributed by atoms with Gasteiger partial charge in [0.25, 0.3) is 0 Å². The van der Waals surface area contributed by atoms with Gasteiger partial charge < -0.3 is 20.7 Å². The van der Waals surface area contributed by atoms with E-state index in [4.69, 9.17) is 22.1 Å². The Morgan fingerprint density at radius 3 is 2.76 bits per heavy atom. The average molecular weight is 360 g/mol. The van der Waals surface area contributed by atoms with Gasteiger partial charge in [-0.3, -0.25) is 0 Å². The van der Waals surface area contributed by atoms with Crippen molar-refractivity contribution in [3.63, 3.8) is 0 Å². The highest BCUT2D eigenvalue weighted by atomic mass is 35.5. The number of rotatable bonds is 4. The fraction of sp³-hybridized carbons (Fsp3) is 0.316. The molecule has 1 heterocycles. The molecule has 0 bridgehead atoms. The van der Waals surface area contributed by atoms with Crippen molar-refractivity contribution in [1.82, 2.24) is 4.90 Å². The molecule has 3 N–H and O–H groups in total. The first kappa shape index (κ1) is 17.7. The van der Waals surface area contributed by atoms with Crippen LogP contribution in [0.15, 0.2) is 48.5 Å². The summed E-state index contributed by atoms with van der Waals surface area (Å²) < 4.78 is 5.61. The van der Waals surface area contributed by atoms with Crippen molar-refractivity contribution in [2.24, 2.45) is 5.73 Å². The van der Waals surface area contributed by atoms with Crippen molar-refractivity contribution in [1.29, 1.82) is 0 Å². The monoisotopic (exact) mass is 359 g/mol. The molecule has 1 fully saturated rings. The Bertz CT molecular complexity index is 719. The van der Waals surface area contributed by atoms with Crippen LogP contribution in [0.3, 0.4) is 0 Å². The Kier molecular flexibility index (Phi) is 5.91. The van der Waals surface area contributed by atoms with Crippen LogP contribution in [0.25, 0.3) is 11.1 Å². The highest BCUT2D eigenvalue weighted by molar-refractivity contribution is 6.30. The van der Waals surface area contributed by atoms with E-state index in [-0.39, 0.29) is 12.1 Å². The number of halogens is 1. The number of carbonyl (C=O) groups is 1. The summed E-state index contributed by atoms with van der Waals surface area (Å²) in [5.41, 5.74) is 8.43. The number of hydrogen-bond donors (Lipinski definition) is 2. The Hall–Kier alpha value is -2.08. The van der Waals surface area contributed by atoms with E-state index < -0.39 is 0 Å². The predicted octanol–water partition coefficient (Wildman–Crippen LogP) is 3.59. The molecule has 1 saturated heterocycles. The van der Waals surface area contributed by atoms with E-state index >= 15 is 0 Å². The molecule has 2 aromatic rings. The number of benzene rings is 2. The lowest BCUT2D eigenvalue weighted by atomic mass is 10.1. The fourth-order valence-corrected chi connectivity index (χ4v) is 3.07. The number of hydrogen-bond acceptors (Lipinski definition) is 3. The molecular formula is C19H22ClN3O2. The minimum Gasteiger partial charge on any atom is -0.374 e. The lowest BCUT2D eigenvalue weighted by Gasteiger charge is -2.32. The fourth-order valence-electron chi connectivity index (χ4n) is 2.88. The van der Waals surface area contributed by atoms with Crippen molar-refractivity contribution in [3.05, 3.63) is 53.6 Å². The van der Waals surface area contributed by atoms with Crippen LogP contribution in [0, 0.1) is 0 Å². The molecule has 3 rings (SSSR count). The van der Waals surface area contributed by atoms with Crippen molar-refractivity contribution >= 4 is 23.3 Å².